The lowest BCUT2D eigenvalue weighted by Crippen LogP contribution is -2.37. The summed E-state index contributed by atoms with van der Waals surface area (Å²) in [6, 6.07) is 0. The van der Waals surface area contributed by atoms with E-state index < -0.39 is 0 Å². The Morgan fingerprint density at radius 2 is 1.88 bits per heavy atom. The summed E-state index contributed by atoms with van der Waals surface area (Å²) in [5.41, 5.74) is 0. The topological polar surface area (TPSA) is 12.5 Å². The molecule has 1 rings (SSSR count). The fourth-order valence-corrected chi connectivity index (χ4v) is 2.40. The zero-order valence-electron chi connectivity index (χ0n) is 10.9. The van der Waals surface area contributed by atoms with Crippen molar-refractivity contribution in [1.82, 2.24) is 4.90 Å². The second-order valence-electron chi connectivity index (χ2n) is 5.33. The summed E-state index contributed by atoms with van der Waals surface area (Å²) in [5, 5.41) is 0.333. The summed E-state index contributed by atoms with van der Waals surface area (Å²) >= 11 is 6.12. The summed E-state index contributed by atoms with van der Waals surface area (Å²) in [6.45, 7) is 11.7. The molecule has 0 aromatic rings. The van der Waals surface area contributed by atoms with Crippen LogP contribution in [0.3, 0.4) is 0 Å². The molecule has 2 nitrogen and oxygen atoms in total. The van der Waals surface area contributed by atoms with Gasteiger partial charge in [-0.1, -0.05) is 13.8 Å². The maximum Gasteiger partial charge on any atom is 0.0593 e. The van der Waals surface area contributed by atoms with E-state index >= 15 is 0 Å². The normalized spacial score (nSPS) is 21.6. The van der Waals surface area contributed by atoms with Crippen LogP contribution in [0.25, 0.3) is 0 Å². The minimum absolute atomic E-state index is 0.333. The van der Waals surface area contributed by atoms with Crippen molar-refractivity contribution in [2.75, 3.05) is 32.8 Å². The molecule has 0 N–H and O–H groups in total. The molecule has 1 unspecified atom stereocenters. The SMILES string of the molecule is CC(C)COCCN1CCC(C(C)Cl)CC1. The van der Waals surface area contributed by atoms with Gasteiger partial charge in [-0.25, -0.2) is 0 Å². The van der Waals surface area contributed by atoms with Gasteiger partial charge >= 0.3 is 0 Å². The van der Waals surface area contributed by atoms with Crippen LogP contribution >= 0.6 is 11.6 Å². The molecule has 0 radical (unpaired) electrons. The molecular weight excluding hydrogens is 222 g/mol. The number of hydrogen-bond donors (Lipinski definition) is 0. The molecule has 0 aromatic carbocycles. The lowest BCUT2D eigenvalue weighted by molar-refractivity contribution is 0.0739. The Hall–Kier alpha value is 0.210. The summed E-state index contributed by atoms with van der Waals surface area (Å²) < 4.78 is 5.60. The highest BCUT2D eigenvalue weighted by atomic mass is 35.5. The van der Waals surface area contributed by atoms with E-state index in [1.165, 1.54) is 25.9 Å². The molecule has 0 spiro atoms. The third-order valence-corrected chi connectivity index (χ3v) is 3.64. The molecule has 1 heterocycles. The number of likely N-dealkylation sites (tertiary alicyclic amines) is 1. The largest absolute Gasteiger partial charge is 0.380 e. The molecule has 1 fully saturated rings. The first-order valence-electron chi connectivity index (χ1n) is 6.53. The van der Waals surface area contributed by atoms with Gasteiger partial charge in [0, 0.05) is 18.5 Å². The molecule has 1 aliphatic rings. The monoisotopic (exact) mass is 247 g/mol. The van der Waals surface area contributed by atoms with E-state index in [9.17, 15) is 0 Å². The number of ether oxygens (including phenoxy) is 1. The van der Waals surface area contributed by atoms with Crippen LogP contribution in [0, 0.1) is 11.8 Å². The van der Waals surface area contributed by atoms with Crippen LogP contribution in [0.4, 0.5) is 0 Å². The molecule has 0 saturated carbocycles. The summed E-state index contributed by atoms with van der Waals surface area (Å²) in [6.07, 6.45) is 2.49. The first-order chi connectivity index (χ1) is 7.59. The van der Waals surface area contributed by atoms with E-state index in [2.05, 4.69) is 25.7 Å². The maximum absolute atomic E-state index is 6.12. The predicted molar refractivity (Wildman–Crippen MR) is 70.1 cm³/mol. The van der Waals surface area contributed by atoms with Gasteiger partial charge in [-0.2, -0.15) is 0 Å². The van der Waals surface area contributed by atoms with Gasteiger partial charge in [-0.3, -0.25) is 0 Å². The Morgan fingerprint density at radius 3 is 2.38 bits per heavy atom. The Bertz CT molecular complexity index is 177. The molecule has 1 aliphatic heterocycles. The first-order valence-corrected chi connectivity index (χ1v) is 6.97. The standard InChI is InChI=1S/C13H26ClNO/c1-11(2)10-16-9-8-15-6-4-13(5-7-15)12(3)14/h11-13H,4-10H2,1-3H3. The fourth-order valence-electron chi connectivity index (χ4n) is 2.15. The third kappa shape index (κ3) is 5.51. The molecule has 96 valence electrons. The number of nitrogens with zero attached hydrogens (tertiary/aromatic N) is 1. The van der Waals surface area contributed by atoms with Gasteiger partial charge in [0.2, 0.25) is 0 Å². The van der Waals surface area contributed by atoms with Gasteiger partial charge in [0.05, 0.1) is 6.61 Å². The van der Waals surface area contributed by atoms with Crippen LogP contribution in [0.1, 0.15) is 33.6 Å². The van der Waals surface area contributed by atoms with E-state index in [1.54, 1.807) is 0 Å². The number of hydrogen-bond acceptors (Lipinski definition) is 2. The lowest BCUT2D eigenvalue weighted by Gasteiger charge is -2.33. The van der Waals surface area contributed by atoms with Crippen molar-refractivity contribution in [2.45, 2.75) is 39.0 Å². The van der Waals surface area contributed by atoms with Crippen LogP contribution < -0.4 is 0 Å². The number of halogens is 1. The van der Waals surface area contributed by atoms with Gasteiger partial charge < -0.3 is 9.64 Å². The van der Waals surface area contributed by atoms with E-state index in [1.807, 2.05) is 0 Å². The van der Waals surface area contributed by atoms with E-state index in [4.69, 9.17) is 16.3 Å². The van der Waals surface area contributed by atoms with Gasteiger partial charge in [-0.05, 0) is 44.7 Å². The van der Waals surface area contributed by atoms with E-state index in [-0.39, 0.29) is 0 Å². The maximum atomic E-state index is 6.12. The van der Waals surface area contributed by atoms with E-state index in [0.717, 1.165) is 25.7 Å². The molecule has 0 aliphatic carbocycles. The summed E-state index contributed by atoms with van der Waals surface area (Å²) in [5.74, 6) is 1.36. The van der Waals surface area contributed by atoms with Crippen molar-refractivity contribution >= 4 is 11.6 Å². The average Bonchev–Trinajstić information content (AvgIpc) is 2.25. The molecule has 0 amide bonds. The molecule has 0 bridgehead atoms. The minimum Gasteiger partial charge on any atom is -0.380 e. The molecule has 1 atom stereocenters. The zero-order valence-corrected chi connectivity index (χ0v) is 11.7. The van der Waals surface area contributed by atoms with Crippen LogP contribution in [0.15, 0.2) is 0 Å². The highest BCUT2D eigenvalue weighted by Gasteiger charge is 2.22. The zero-order chi connectivity index (χ0) is 12.0. The summed E-state index contributed by atoms with van der Waals surface area (Å²) in [4.78, 5) is 2.50. The minimum atomic E-state index is 0.333. The second-order valence-corrected chi connectivity index (χ2v) is 6.01. The van der Waals surface area contributed by atoms with Crippen LogP contribution in [-0.2, 0) is 4.74 Å². The highest BCUT2D eigenvalue weighted by molar-refractivity contribution is 6.20. The molecule has 16 heavy (non-hydrogen) atoms. The van der Waals surface area contributed by atoms with Crippen LogP contribution in [0.2, 0.25) is 0 Å². The smallest absolute Gasteiger partial charge is 0.0593 e. The van der Waals surface area contributed by atoms with Gasteiger partial charge in [0.1, 0.15) is 0 Å². The fraction of sp³-hybridized carbons (Fsp3) is 1.00. The van der Waals surface area contributed by atoms with Crippen molar-refractivity contribution in [3.8, 4) is 0 Å². The van der Waals surface area contributed by atoms with Crippen LogP contribution in [-0.4, -0.2) is 43.1 Å². The quantitative estimate of drug-likeness (QED) is 0.529. The molecule has 0 aromatic heterocycles. The van der Waals surface area contributed by atoms with Crippen molar-refractivity contribution < 1.29 is 4.74 Å². The Kier molecular flexibility index (Phi) is 6.71. The van der Waals surface area contributed by atoms with Crippen molar-refractivity contribution in [2.24, 2.45) is 11.8 Å². The third-order valence-electron chi connectivity index (χ3n) is 3.28. The molecule has 3 heteroatoms. The average molecular weight is 248 g/mol. The first kappa shape index (κ1) is 14.3. The van der Waals surface area contributed by atoms with Crippen molar-refractivity contribution in [3.63, 3.8) is 0 Å². The molecular formula is C13H26ClNO. The second kappa shape index (κ2) is 7.52. The molecule has 1 saturated heterocycles. The Morgan fingerprint density at radius 1 is 1.25 bits per heavy atom. The number of alkyl halides is 1. The highest BCUT2D eigenvalue weighted by Crippen LogP contribution is 2.23. The predicted octanol–water partition coefficient (Wildman–Crippen LogP) is 3.00. The van der Waals surface area contributed by atoms with Crippen LogP contribution in [0.5, 0.6) is 0 Å². The number of rotatable bonds is 6. The number of piperidine rings is 1. The van der Waals surface area contributed by atoms with Crippen molar-refractivity contribution in [3.05, 3.63) is 0 Å². The Balaban J connectivity index is 2.04. The van der Waals surface area contributed by atoms with Crippen molar-refractivity contribution in [1.29, 1.82) is 0 Å². The van der Waals surface area contributed by atoms with Gasteiger partial charge in [0.15, 0.2) is 0 Å². The van der Waals surface area contributed by atoms with Gasteiger partial charge in [0.25, 0.3) is 0 Å². The summed E-state index contributed by atoms with van der Waals surface area (Å²) in [7, 11) is 0. The van der Waals surface area contributed by atoms with E-state index in [0.29, 0.717) is 11.3 Å². The Labute approximate surface area is 105 Å². The van der Waals surface area contributed by atoms with Gasteiger partial charge in [-0.15, -0.1) is 11.6 Å². The lowest BCUT2D eigenvalue weighted by atomic mass is 9.94.